The highest BCUT2D eigenvalue weighted by atomic mass is 35.5. The van der Waals surface area contributed by atoms with Crippen LogP contribution in [0.15, 0.2) is 72.8 Å². The Balaban J connectivity index is 0.00000225. The first-order valence-electron chi connectivity index (χ1n) is 9.39. The smallest absolute Gasteiger partial charge is 0.260 e. The molecule has 0 aromatic heterocycles. The standard InChI is InChI=1S/C23H24N2O2.ClH/c24-13-19-14-25(15-21(19)18-7-2-1-3-8-18)23(26)16-27-22-12-6-10-17-9-4-5-11-20(17)22;/h1-12,19,21H,13-16,24H2;1H/t19-,21+;/m1./s1. The summed E-state index contributed by atoms with van der Waals surface area (Å²) < 4.78 is 5.88. The molecule has 146 valence electrons. The normalized spacial score (nSPS) is 18.7. The Morgan fingerprint density at radius 1 is 0.964 bits per heavy atom. The van der Waals surface area contributed by atoms with Crippen LogP contribution in [-0.4, -0.2) is 37.0 Å². The van der Waals surface area contributed by atoms with Crippen LogP contribution >= 0.6 is 12.4 Å². The van der Waals surface area contributed by atoms with Gasteiger partial charge in [-0.05, 0) is 29.5 Å². The van der Waals surface area contributed by atoms with Gasteiger partial charge >= 0.3 is 0 Å². The minimum Gasteiger partial charge on any atom is -0.483 e. The monoisotopic (exact) mass is 396 g/mol. The maximum Gasteiger partial charge on any atom is 0.260 e. The molecule has 2 N–H and O–H groups in total. The fourth-order valence-corrected chi connectivity index (χ4v) is 3.94. The molecular weight excluding hydrogens is 372 g/mol. The lowest BCUT2D eigenvalue weighted by molar-refractivity contribution is -0.132. The number of nitrogens with two attached hydrogens (primary N) is 1. The summed E-state index contributed by atoms with van der Waals surface area (Å²) in [5, 5.41) is 2.13. The largest absolute Gasteiger partial charge is 0.483 e. The zero-order valence-electron chi connectivity index (χ0n) is 15.7. The lowest BCUT2D eigenvalue weighted by Gasteiger charge is -2.17. The second kappa shape index (κ2) is 9.09. The summed E-state index contributed by atoms with van der Waals surface area (Å²) in [6, 6.07) is 24.3. The summed E-state index contributed by atoms with van der Waals surface area (Å²) in [5.74, 6) is 1.34. The molecule has 3 aromatic rings. The van der Waals surface area contributed by atoms with E-state index in [0.29, 0.717) is 19.6 Å². The van der Waals surface area contributed by atoms with Crippen molar-refractivity contribution in [2.45, 2.75) is 5.92 Å². The van der Waals surface area contributed by atoms with Crippen LogP contribution in [0.1, 0.15) is 11.5 Å². The number of fused-ring (bicyclic) bond motifs is 1. The van der Waals surface area contributed by atoms with E-state index >= 15 is 0 Å². The SMILES string of the molecule is Cl.NC[C@@H]1CN(C(=O)COc2cccc3ccccc23)C[C@H]1c1ccccc1. The third kappa shape index (κ3) is 4.13. The first-order valence-corrected chi connectivity index (χ1v) is 9.39. The van der Waals surface area contributed by atoms with E-state index in [9.17, 15) is 4.79 Å². The van der Waals surface area contributed by atoms with Crippen LogP contribution in [0.2, 0.25) is 0 Å². The van der Waals surface area contributed by atoms with Crippen molar-refractivity contribution in [3.63, 3.8) is 0 Å². The molecule has 1 fully saturated rings. The molecule has 1 aliphatic rings. The number of carbonyl (C=O) groups is 1. The molecule has 2 atom stereocenters. The van der Waals surface area contributed by atoms with E-state index in [2.05, 4.69) is 12.1 Å². The molecule has 0 unspecified atom stereocenters. The van der Waals surface area contributed by atoms with Crippen LogP contribution < -0.4 is 10.5 Å². The predicted molar refractivity (Wildman–Crippen MR) is 115 cm³/mol. The lowest BCUT2D eigenvalue weighted by Crippen LogP contribution is -2.33. The van der Waals surface area contributed by atoms with Crippen LogP contribution in [0.25, 0.3) is 10.8 Å². The van der Waals surface area contributed by atoms with Gasteiger partial charge in [0.15, 0.2) is 6.61 Å². The van der Waals surface area contributed by atoms with E-state index in [0.717, 1.165) is 16.5 Å². The van der Waals surface area contributed by atoms with E-state index in [-0.39, 0.29) is 36.8 Å². The third-order valence-electron chi connectivity index (χ3n) is 5.42. The number of halogens is 1. The van der Waals surface area contributed by atoms with E-state index in [4.69, 9.17) is 10.5 Å². The van der Waals surface area contributed by atoms with Crippen LogP contribution in [-0.2, 0) is 4.79 Å². The minimum absolute atomic E-state index is 0. The van der Waals surface area contributed by atoms with Crippen LogP contribution in [0.3, 0.4) is 0 Å². The van der Waals surface area contributed by atoms with Crippen molar-refractivity contribution in [3.8, 4) is 5.75 Å². The molecule has 4 nitrogen and oxygen atoms in total. The second-order valence-electron chi connectivity index (χ2n) is 7.08. The molecule has 0 bridgehead atoms. The molecule has 1 aliphatic heterocycles. The Hall–Kier alpha value is -2.56. The van der Waals surface area contributed by atoms with E-state index in [1.807, 2.05) is 65.6 Å². The van der Waals surface area contributed by atoms with E-state index < -0.39 is 0 Å². The Morgan fingerprint density at radius 2 is 1.68 bits per heavy atom. The average Bonchev–Trinajstić information content (AvgIpc) is 3.17. The number of amides is 1. The number of hydrogen-bond acceptors (Lipinski definition) is 3. The maximum absolute atomic E-state index is 12.8. The van der Waals surface area contributed by atoms with Gasteiger partial charge in [0.05, 0.1) is 0 Å². The summed E-state index contributed by atoms with van der Waals surface area (Å²) in [6.07, 6.45) is 0. The predicted octanol–water partition coefficient (Wildman–Crippen LogP) is 3.84. The van der Waals surface area contributed by atoms with Gasteiger partial charge in [-0.15, -0.1) is 12.4 Å². The number of nitrogens with zero attached hydrogens (tertiary/aromatic N) is 1. The molecule has 1 saturated heterocycles. The molecule has 0 radical (unpaired) electrons. The van der Waals surface area contributed by atoms with Crippen molar-refractivity contribution in [2.24, 2.45) is 11.7 Å². The first-order chi connectivity index (χ1) is 13.3. The highest BCUT2D eigenvalue weighted by Crippen LogP contribution is 2.32. The molecular formula is C23H25ClN2O2. The molecule has 0 spiro atoms. The molecule has 0 saturated carbocycles. The van der Waals surface area contributed by atoms with Gasteiger partial charge in [-0.1, -0.05) is 66.7 Å². The highest BCUT2D eigenvalue weighted by molar-refractivity contribution is 5.88. The molecule has 3 aromatic carbocycles. The van der Waals surface area contributed by atoms with Gasteiger partial charge in [-0.3, -0.25) is 4.79 Å². The van der Waals surface area contributed by atoms with Crippen LogP contribution in [0, 0.1) is 5.92 Å². The minimum atomic E-state index is 0. The average molecular weight is 397 g/mol. The molecule has 0 aliphatic carbocycles. The first kappa shape index (κ1) is 20.2. The lowest BCUT2D eigenvalue weighted by atomic mass is 9.89. The van der Waals surface area contributed by atoms with Crippen LogP contribution in [0.5, 0.6) is 5.75 Å². The second-order valence-corrected chi connectivity index (χ2v) is 7.08. The van der Waals surface area contributed by atoms with E-state index in [1.165, 1.54) is 5.56 Å². The Labute approximate surface area is 171 Å². The van der Waals surface area contributed by atoms with Gasteiger partial charge in [0.1, 0.15) is 5.75 Å². The number of likely N-dealkylation sites (tertiary alicyclic amines) is 1. The zero-order chi connectivity index (χ0) is 18.6. The summed E-state index contributed by atoms with van der Waals surface area (Å²) in [4.78, 5) is 14.6. The van der Waals surface area contributed by atoms with Gasteiger partial charge in [0.25, 0.3) is 5.91 Å². The number of rotatable bonds is 5. The highest BCUT2D eigenvalue weighted by Gasteiger charge is 2.35. The van der Waals surface area contributed by atoms with Gasteiger partial charge < -0.3 is 15.4 Å². The number of ether oxygens (including phenoxy) is 1. The molecule has 1 amide bonds. The maximum atomic E-state index is 12.8. The Morgan fingerprint density at radius 3 is 2.46 bits per heavy atom. The van der Waals surface area contributed by atoms with Gasteiger partial charge in [0.2, 0.25) is 0 Å². The fourth-order valence-electron chi connectivity index (χ4n) is 3.94. The quantitative estimate of drug-likeness (QED) is 0.712. The Bertz CT molecular complexity index is 927. The van der Waals surface area contributed by atoms with Crippen molar-refractivity contribution in [3.05, 3.63) is 78.4 Å². The van der Waals surface area contributed by atoms with Crippen molar-refractivity contribution in [2.75, 3.05) is 26.2 Å². The Kier molecular flexibility index (Phi) is 6.55. The van der Waals surface area contributed by atoms with E-state index in [1.54, 1.807) is 0 Å². The van der Waals surface area contributed by atoms with Gasteiger partial charge in [-0.2, -0.15) is 0 Å². The van der Waals surface area contributed by atoms with Gasteiger partial charge in [0, 0.05) is 24.4 Å². The van der Waals surface area contributed by atoms with Crippen molar-refractivity contribution >= 4 is 29.1 Å². The molecule has 1 heterocycles. The van der Waals surface area contributed by atoms with Crippen molar-refractivity contribution < 1.29 is 9.53 Å². The summed E-state index contributed by atoms with van der Waals surface area (Å²) >= 11 is 0. The molecule has 4 rings (SSSR count). The number of hydrogen-bond donors (Lipinski definition) is 1. The molecule has 28 heavy (non-hydrogen) atoms. The van der Waals surface area contributed by atoms with Crippen LogP contribution in [0.4, 0.5) is 0 Å². The topological polar surface area (TPSA) is 55.6 Å². The van der Waals surface area contributed by atoms with Gasteiger partial charge in [-0.25, -0.2) is 0 Å². The third-order valence-corrected chi connectivity index (χ3v) is 5.42. The fraction of sp³-hybridized carbons (Fsp3) is 0.261. The number of carbonyl (C=O) groups excluding carboxylic acids is 1. The molecule has 5 heteroatoms. The van der Waals surface area contributed by atoms with Crippen molar-refractivity contribution in [1.29, 1.82) is 0 Å². The summed E-state index contributed by atoms with van der Waals surface area (Å²) in [7, 11) is 0. The number of benzene rings is 3. The summed E-state index contributed by atoms with van der Waals surface area (Å²) in [6.45, 7) is 2.01. The van der Waals surface area contributed by atoms with Crippen molar-refractivity contribution in [1.82, 2.24) is 4.90 Å². The zero-order valence-corrected chi connectivity index (χ0v) is 16.5. The summed E-state index contributed by atoms with van der Waals surface area (Å²) in [5.41, 5.74) is 7.23.